The number of guanidine groups is 1. The smallest absolute Gasteiger partial charge is 0.191 e. The lowest BCUT2D eigenvalue weighted by Gasteiger charge is -2.21. The van der Waals surface area contributed by atoms with E-state index in [0.717, 1.165) is 57.1 Å². The van der Waals surface area contributed by atoms with Gasteiger partial charge >= 0.3 is 0 Å². The van der Waals surface area contributed by atoms with Crippen molar-refractivity contribution in [2.24, 2.45) is 4.99 Å². The molecule has 1 saturated heterocycles. The van der Waals surface area contributed by atoms with Gasteiger partial charge in [0.1, 0.15) is 5.76 Å². The van der Waals surface area contributed by atoms with Gasteiger partial charge in [-0.2, -0.15) is 0 Å². The average Bonchev–Trinajstić information content (AvgIpc) is 3.13. The minimum atomic E-state index is -0.0954. The van der Waals surface area contributed by atoms with E-state index < -0.39 is 0 Å². The first-order valence-corrected chi connectivity index (χ1v) is 7.90. The quantitative estimate of drug-likeness (QED) is 0.598. The topological polar surface area (TPSA) is 58.8 Å². The third-order valence-corrected chi connectivity index (χ3v) is 3.66. The number of furan rings is 1. The zero-order chi connectivity index (χ0) is 15.0. The summed E-state index contributed by atoms with van der Waals surface area (Å²) >= 11 is 0. The minimum absolute atomic E-state index is 0.0954. The highest BCUT2D eigenvalue weighted by Gasteiger charge is 2.29. The lowest BCUT2D eigenvalue weighted by atomic mass is 10.0. The van der Waals surface area contributed by atoms with Crippen LogP contribution in [0.1, 0.15) is 38.9 Å². The molecule has 5 heteroatoms. The van der Waals surface area contributed by atoms with Crippen molar-refractivity contribution in [2.45, 2.75) is 45.1 Å². The molecule has 5 nitrogen and oxygen atoms in total. The summed E-state index contributed by atoms with van der Waals surface area (Å²) in [7, 11) is 0. The van der Waals surface area contributed by atoms with E-state index in [9.17, 15) is 0 Å². The normalized spacial score (nSPS) is 22.5. The van der Waals surface area contributed by atoms with Crippen molar-refractivity contribution < 1.29 is 9.15 Å². The van der Waals surface area contributed by atoms with Crippen LogP contribution in [0.15, 0.2) is 27.8 Å². The Morgan fingerprint density at radius 3 is 2.90 bits per heavy atom. The van der Waals surface area contributed by atoms with E-state index in [0.29, 0.717) is 6.54 Å². The molecule has 1 aliphatic heterocycles. The monoisotopic (exact) mass is 293 g/mol. The van der Waals surface area contributed by atoms with Crippen molar-refractivity contribution in [3.63, 3.8) is 0 Å². The Bertz CT molecular complexity index is 423. The number of nitrogens with zero attached hydrogens (tertiary/aromatic N) is 1. The van der Waals surface area contributed by atoms with Gasteiger partial charge in [0, 0.05) is 26.1 Å². The lowest BCUT2D eigenvalue weighted by Crippen LogP contribution is -2.40. The summed E-state index contributed by atoms with van der Waals surface area (Å²) < 4.78 is 11.1. The second-order valence-electron chi connectivity index (χ2n) is 5.75. The van der Waals surface area contributed by atoms with Crippen molar-refractivity contribution in [1.82, 2.24) is 10.6 Å². The van der Waals surface area contributed by atoms with Crippen LogP contribution in [0, 0.1) is 0 Å². The molecule has 1 fully saturated rings. The Morgan fingerprint density at radius 1 is 1.38 bits per heavy atom. The van der Waals surface area contributed by atoms with Gasteiger partial charge in [-0.25, -0.2) is 0 Å². The molecule has 1 aromatic heterocycles. The van der Waals surface area contributed by atoms with Crippen LogP contribution in [0.4, 0.5) is 0 Å². The summed E-state index contributed by atoms with van der Waals surface area (Å²) in [5, 5.41) is 6.70. The molecule has 21 heavy (non-hydrogen) atoms. The molecule has 0 bridgehead atoms. The van der Waals surface area contributed by atoms with E-state index in [1.165, 1.54) is 0 Å². The average molecular weight is 293 g/mol. The van der Waals surface area contributed by atoms with Gasteiger partial charge in [-0.05, 0) is 38.3 Å². The summed E-state index contributed by atoms with van der Waals surface area (Å²) in [4.78, 5) is 4.67. The SMILES string of the molecule is CCCNC(=NCC1(C)CCCO1)NCCc1ccco1. The highest BCUT2D eigenvalue weighted by Crippen LogP contribution is 2.24. The molecule has 2 rings (SSSR count). The van der Waals surface area contributed by atoms with Crippen LogP contribution in [-0.4, -0.2) is 37.8 Å². The van der Waals surface area contributed by atoms with E-state index in [4.69, 9.17) is 9.15 Å². The van der Waals surface area contributed by atoms with Crippen molar-refractivity contribution in [3.8, 4) is 0 Å². The maximum atomic E-state index is 5.78. The van der Waals surface area contributed by atoms with Gasteiger partial charge in [-0.15, -0.1) is 0 Å². The third-order valence-electron chi connectivity index (χ3n) is 3.66. The Labute approximate surface area is 127 Å². The van der Waals surface area contributed by atoms with Crippen LogP contribution in [0.25, 0.3) is 0 Å². The molecule has 0 aliphatic carbocycles. The van der Waals surface area contributed by atoms with Crippen LogP contribution in [0.5, 0.6) is 0 Å². The molecule has 1 aliphatic rings. The fourth-order valence-corrected chi connectivity index (χ4v) is 2.38. The molecule has 118 valence electrons. The molecule has 0 aromatic carbocycles. The van der Waals surface area contributed by atoms with Gasteiger partial charge in [0.05, 0.1) is 18.4 Å². The van der Waals surface area contributed by atoms with E-state index in [1.807, 2.05) is 12.1 Å². The summed E-state index contributed by atoms with van der Waals surface area (Å²) in [6.07, 6.45) is 5.86. The zero-order valence-corrected chi connectivity index (χ0v) is 13.2. The molecule has 0 amide bonds. The highest BCUT2D eigenvalue weighted by atomic mass is 16.5. The first-order chi connectivity index (χ1) is 10.2. The van der Waals surface area contributed by atoms with E-state index >= 15 is 0 Å². The summed E-state index contributed by atoms with van der Waals surface area (Å²) in [6, 6.07) is 3.91. The minimum Gasteiger partial charge on any atom is -0.469 e. The lowest BCUT2D eigenvalue weighted by molar-refractivity contribution is 0.0283. The molecular weight excluding hydrogens is 266 g/mol. The third kappa shape index (κ3) is 5.42. The highest BCUT2D eigenvalue weighted by molar-refractivity contribution is 5.79. The van der Waals surface area contributed by atoms with E-state index in [2.05, 4.69) is 29.5 Å². The van der Waals surface area contributed by atoms with Gasteiger partial charge in [0.15, 0.2) is 5.96 Å². The Kier molecular flexibility index (Phi) is 6.11. The Morgan fingerprint density at radius 2 is 2.24 bits per heavy atom. The van der Waals surface area contributed by atoms with Gasteiger partial charge < -0.3 is 19.8 Å². The summed E-state index contributed by atoms with van der Waals surface area (Å²) in [5.41, 5.74) is -0.0954. The largest absolute Gasteiger partial charge is 0.469 e. The van der Waals surface area contributed by atoms with Crippen LogP contribution in [0.3, 0.4) is 0 Å². The van der Waals surface area contributed by atoms with Crippen LogP contribution in [0.2, 0.25) is 0 Å². The molecule has 2 N–H and O–H groups in total. The molecule has 2 heterocycles. The number of aliphatic imine (C=N–C) groups is 1. The second kappa shape index (κ2) is 8.08. The van der Waals surface area contributed by atoms with Crippen LogP contribution < -0.4 is 10.6 Å². The number of ether oxygens (including phenoxy) is 1. The van der Waals surface area contributed by atoms with Crippen molar-refractivity contribution in [2.75, 3.05) is 26.2 Å². The van der Waals surface area contributed by atoms with Gasteiger partial charge in [0.2, 0.25) is 0 Å². The molecule has 1 atom stereocenters. The van der Waals surface area contributed by atoms with Crippen LogP contribution >= 0.6 is 0 Å². The summed E-state index contributed by atoms with van der Waals surface area (Å²) in [5.74, 6) is 1.85. The predicted octanol–water partition coefficient (Wildman–Crippen LogP) is 2.34. The van der Waals surface area contributed by atoms with E-state index in [-0.39, 0.29) is 5.60 Å². The number of rotatable bonds is 7. The van der Waals surface area contributed by atoms with Gasteiger partial charge in [-0.3, -0.25) is 4.99 Å². The zero-order valence-electron chi connectivity index (χ0n) is 13.2. The fourth-order valence-electron chi connectivity index (χ4n) is 2.38. The molecule has 0 saturated carbocycles. The molecule has 0 spiro atoms. The summed E-state index contributed by atoms with van der Waals surface area (Å²) in [6.45, 7) is 7.58. The molecule has 0 radical (unpaired) electrons. The fraction of sp³-hybridized carbons (Fsp3) is 0.688. The van der Waals surface area contributed by atoms with Crippen LogP contribution in [-0.2, 0) is 11.2 Å². The molecule has 1 aromatic rings. The standard InChI is InChI=1S/C16H27N3O2/c1-3-9-17-15(18-10-7-14-6-4-11-20-14)19-13-16(2)8-5-12-21-16/h4,6,11H,3,5,7-10,12-13H2,1-2H3,(H2,17,18,19). The predicted molar refractivity (Wildman–Crippen MR) is 84.6 cm³/mol. The second-order valence-corrected chi connectivity index (χ2v) is 5.75. The number of nitrogens with one attached hydrogen (secondary N) is 2. The van der Waals surface area contributed by atoms with Crippen molar-refractivity contribution in [1.29, 1.82) is 0 Å². The van der Waals surface area contributed by atoms with Gasteiger partial charge in [-0.1, -0.05) is 6.92 Å². The molecule has 1 unspecified atom stereocenters. The first-order valence-electron chi connectivity index (χ1n) is 7.90. The van der Waals surface area contributed by atoms with E-state index in [1.54, 1.807) is 6.26 Å². The van der Waals surface area contributed by atoms with Crippen molar-refractivity contribution in [3.05, 3.63) is 24.2 Å². The van der Waals surface area contributed by atoms with Gasteiger partial charge in [0.25, 0.3) is 0 Å². The number of hydrogen-bond acceptors (Lipinski definition) is 3. The maximum absolute atomic E-state index is 5.78. The van der Waals surface area contributed by atoms with Crippen molar-refractivity contribution >= 4 is 5.96 Å². The Balaban J connectivity index is 1.81. The maximum Gasteiger partial charge on any atom is 0.191 e. The Hall–Kier alpha value is -1.49. The number of hydrogen-bond donors (Lipinski definition) is 2. The first kappa shape index (κ1) is 15.9. The molecular formula is C16H27N3O2.